The van der Waals surface area contributed by atoms with Crippen molar-refractivity contribution in [3.63, 3.8) is 0 Å². The van der Waals surface area contributed by atoms with Gasteiger partial charge in [-0.05, 0) is 67.9 Å². The van der Waals surface area contributed by atoms with Crippen molar-refractivity contribution < 1.29 is 17.9 Å². The van der Waals surface area contributed by atoms with Crippen molar-refractivity contribution in [2.75, 3.05) is 16.6 Å². The second-order valence-electron chi connectivity index (χ2n) is 6.80. The average Bonchev–Trinajstić information content (AvgIpc) is 2.71. The number of ether oxygens (including phenoxy) is 1. The van der Waals surface area contributed by atoms with Crippen LogP contribution in [-0.2, 0) is 21.2 Å². The van der Waals surface area contributed by atoms with E-state index in [1.165, 1.54) is 12.1 Å². The maximum atomic E-state index is 12.6. The molecule has 0 aromatic heterocycles. The molecule has 3 aromatic rings. The van der Waals surface area contributed by atoms with Gasteiger partial charge in [0.15, 0.2) is 0 Å². The van der Waals surface area contributed by atoms with Crippen LogP contribution >= 0.6 is 0 Å². The minimum atomic E-state index is -3.74. The summed E-state index contributed by atoms with van der Waals surface area (Å²) in [6.45, 7) is 4.41. The molecule has 0 spiro atoms. The predicted octanol–water partition coefficient (Wildman–Crippen LogP) is 4.38. The lowest BCUT2D eigenvalue weighted by molar-refractivity contribution is -0.115. The lowest BCUT2D eigenvalue weighted by atomic mass is 10.1. The highest BCUT2D eigenvalue weighted by Gasteiger charge is 2.14. The molecule has 30 heavy (non-hydrogen) atoms. The highest BCUT2D eigenvalue weighted by Crippen LogP contribution is 2.21. The Balaban J connectivity index is 1.62. The van der Waals surface area contributed by atoms with Crippen LogP contribution in [0, 0.1) is 6.92 Å². The molecule has 6 nitrogen and oxygen atoms in total. The summed E-state index contributed by atoms with van der Waals surface area (Å²) in [5, 5.41) is 2.78. The van der Waals surface area contributed by atoms with E-state index in [9.17, 15) is 13.2 Å². The third-order valence-corrected chi connectivity index (χ3v) is 5.75. The molecular formula is C23H24N2O4S. The molecule has 0 heterocycles. The van der Waals surface area contributed by atoms with Crippen LogP contribution in [0.2, 0.25) is 0 Å². The third kappa shape index (κ3) is 5.84. The van der Waals surface area contributed by atoms with E-state index in [0.29, 0.717) is 23.7 Å². The minimum absolute atomic E-state index is 0.105. The Morgan fingerprint density at radius 3 is 2.07 bits per heavy atom. The number of carbonyl (C=O) groups is 1. The summed E-state index contributed by atoms with van der Waals surface area (Å²) in [6, 6.07) is 20.5. The van der Waals surface area contributed by atoms with Crippen molar-refractivity contribution in [2.24, 2.45) is 0 Å². The summed E-state index contributed by atoms with van der Waals surface area (Å²) in [5.41, 5.74) is 3.02. The maximum absolute atomic E-state index is 12.6. The van der Waals surface area contributed by atoms with E-state index in [0.717, 1.165) is 11.1 Å². The quantitative estimate of drug-likeness (QED) is 0.562. The normalized spacial score (nSPS) is 11.0. The molecule has 1 amide bonds. The average molecular weight is 425 g/mol. The standard InChI is InChI=1S/C23H24N2O4S/c1-3-29-21-12-8-20(9-13-21)25-30(27,28)22-14-10-19(11-15-22)24-23(26)16-18-6-4-17(2)5-7-18/h4-15,25H,3,16H2,1-2H3,(H,24,26). The van der Waals surface area contributed by atoms with Crippen LogP contribution < -0.4 is 14.8 Å². The van der Waals surface area contributed by atoms with Crippen molar-refractivity contribution in [1.29, 1.82) is 0 Å². The largest absolute Gasteiger partial charge is 0.494 e. The molecule has 7 heteroatoms. The molecular weight excluding hydrogens is 400 g/mol. The SMILES string of the molecule is CCOc1ccc(NS(=O)(=O)c2ccc(NC(=O)Cc3ccc(C)cc3)cc2)cc1. The summed E-state index contributed by atoms with van der Waals surface area (Å²) < 4.78 is 33.1. The van der Waals surface area contributed by atoms with Gasteiger partial charge in [0.1, 0.15) is 5.75 Å². The van der Waals surface area contributed by atoms with E-state index in [1.807, 2.05) is 38.1 Å². The van der Waals surface area contributed by atoms with Crippen molar-refractivity contribution in [3.8, 4) is 5.75 Å². The molecule has 2 N–H and O–H groups in total. The summed E-state index contributed by atoms with van der Waals surface area (Å²) in [7, 11) is -3.74. The van der Waals surface area contributed by atoms with Gasteiger partial charge in [-0.15, -0.1) is 0 Å². The van der Waals surface area contributed by atoms with Crippen LogP contribution in [0.25, 0.3) is 0 Å². The summed E-state index contributed by atoms with van der Waals surface area (Å²) >= 11 is 0. The monoisotopic (exact) mass is 424 g/mol. The maximum Gasteiger partial charge on any atom is 0.261 e. The first-order chi connectivity index (χ1) is 14.4. The topological polar surface area (TPSA) is 84.5 Å². The molecule has 156 valence electrons. The molecule has 3 aromatic carbocycles. The Kier molecular flexibility index (Phi) is 6.74. The van der Waals surface area contributed by atoms with Gasteiger partial charge >= 0.3 is 0 Å². The number of amides is 1. The highest BCUT2D eigenvalue weighted by molar-refractivity contribution is 7.92. The lowest BCUT2D eigenvalue weighted by Gasteiger charge is -2.10. The third-order valence-electron chi connectivity index (χ3n) is 4.35. The van der Waals surface area contributed by atoms with Crippen molar-refractivity contribution in [1.82, 2.24) is 0 Å². The predicted molar refractivity (Wildman–Crippen MR) is 118 cm³/mol. The lowest BCUT2D eigenvalue weighted by Crippen LogP contribution is -2.15. The summed E-state index contributed by atoms with van der Waals surface area (Å²) in [5.74, 6) is 0.508. The van der Waals surface area contributed by atoms with Crippen LogP contribution in [0.15, 0.2) is 77.7 Å². The van der Waals surface area contributed by atoms with E-state index in [2.05, 4.69) is 10.0 Å². The van der Waals surface area contributed by atoms with E-state index in [4.69, 9.17) is 4.74 Å². The van der Waals surface area contributed by atoms with Crippen LogP contribution in [0.1, 0.15) is 18.1 Å². The number of sulfonamides is 1. The molecule has 0 aliphatic heterocycles. The highest BCUT2D eigenvalue weighted by atomic mass is 32.2. The molecule has 0 aliphatic rings. The first-order valence-electron chi connectivity index (χ1n) is 9.57. The van der Waals surface area contributed by atoms with E-state index >= 15 is 0 Å². The number of nitrogens with one attached hydrogen (secondary N) is 2. The second-order valence-corrected chi connectivity index (χ2v) is 8.48. The Morgan fingerprint density at radius 2 is 1.47 bits per heavy atom. The molecule has 0 saturated heterocycles. The van der Waals surface area contributed by atoms with E-state index in [1.54, 1.807) is 36.4 Å². The van der Waals surface area contributed by atoms with Gasteiger partial charge in [0.05, 0.1) is 17.9 Å². The Morgan fingerprint density at radius 1 is 0.867 bits per heavy atom. The molecule has 0 saturated carbocycles. The van der Waals surface area contributed by atoms with E-state index in [-0.39, 0.29) is 17.2 Å². The number of carbonyl (C=O) groups excluding carboxylic acids is 1. The zero-order chi connectivity index (χ0) is 21.6. The molecule has 0 fully saturated rings. The molecule has 0 unspecified atom stereocenters. The number of rotatable bonds is 8. The van der Waals surface area contributed by atoms with E-state index < -0.39 is 10.0 Å². The fourth-order valence-electron chi connectivity index (χ4n) is 2.81. The summed E-state index contributed by atoms with van der Waals surface area (Å²) in [4.78, 5) is 12.3. The van der Waals surface area contributed by atoms with Crippen LogP contribution in [0.4, 0.5) is 11.4 Å². The first kappa shape index (κ1) is 21.4. The van der Waals surface area contributed by atoms with Gasteiger partial charge in [-0.25, -0.2) is 8.42 Å². The van der Waals surface area contributed by atoms with Gasteiger partial charge in [0, 0.05) is 11.4 Å². The molecule has 3 rings (SSSR count). The Bertz CT molecular complexity index is 1090. The van der Waals surface area contributed by atoms with Crippen LogP contribution in [0.5, 0.6) is 5.75 Å². The number of hydrogen-bond acceptors (Lipinski definition) is 4. The molecule has 0 aliphatic carbocycles. The fourth-order valence-corrected chi connectivity index (χ4v) is 3.87. The molecule has 0 radical (unpaired) electrons. The van der Waals surface area contributed by atoms with Crippen molar-refractivity contribution in [3.05, 3.63) is 83.9 Å². The Hall–Kier alpha value is -3.32. The van der Waals surface area contributed by atoms with Gasteiger partial charge in [0.2, 0.25) is 5.91 Å². The zero-order valence-corrected chi connectivity index (χ0v) is 17.7. The molecule has 0 atom stereocenters. The second kappa shape index (κ2) is 9.45. The number of hydrogen-bond donors (Lipinski definition) is 2. The Labute approximate surface area is 177 Å². The number of aryl methyl sites for hydroxylation is 1. The minimum Gasteiger partial charge on any atom is -0.494 e. The number of anilines is 2. The molecule has 0 bridgehead atoms. The van der Waals surface area contributed by atoms with Crippen LogP contribution in [-0.4, -0.2) is 20.9 Å². The van der Waals surface area contributed by atoms with Gasteiger partial charge in [-0.2, -0.15) is 0 Å². The number of benzene rings is 3. The van der Waals surface area contributed by atoms with Crippen molar-refractivity contribution in [2.45, 2.75) is 25.2 Å². The summed E-state index contributed by atoms with van der Waals surface area (Å²) in [6.07, 6.45) is 0.250. The van der Waals surface area contributed by atoms with Crippen LogP contribution in [0.3, 0.4) is 0 Å². The smallest absolute Gasteiger partial charge is 0.261 e. The van der Waals surface area contributed by atoms with Gasteiger partial charge < -0.3 is 10.1 Å². The fraction of sp³-hybridized carbons (Fsp3) is 0.174. The van der Waals surface area contributed by atoms with Gasteiger partial charge in [-0.1, -0.05) is 29.8 Å². The van der Waals surface area contributed by atoms with Crippen molar-refractivity contribution >= 4 is 27.3 Å². The zero-order valence-electron chi connectivity index (χ0n) is 16.9. The van der Waals surface area contributed by atoms with Gasteiger partial charge in [-0.3, -0.25) is 9.52 Å². The van der Waals surface area contributed by atoms with Gasteiger partial charge in [0.25, 0.3) is 10.0 Å². The first-order valence-corrected chi connectivity index (χ1v) is 11.0.